The van der Waals surface area contributed by atoms with E-state index in [2.05, 4.69) is 27.6 Å². The molecule has 0 fully saturated rings. The van der Waals surface area contributed by atoms with Crippen molar-refractivity contribution in [1.82, 2.24) is 4.98 Å². The van der Waals surface area contributed by atoms with Crippen LogP contribution in [0.4, 0.5) is 0 Å². The zero-order chi connectivity index (χ0) is 13.1. The third kappa shape index (κ3) is 2.90. The van der Waals surface area contributed by atoms with Crippen LogP contribution in [0.2, 0.25) is 5.02 Å². The van der Waals surface area contributed by atoms with Gasteiger partial charge in [0.1, 0.15) is 0 Å². The number of Topliss-reactive ketones (excluding diaryl/α,β-unsaturated/α-hetero) is 1. The fourth-order valence-corrected chi connectivity index (χ4v) is 2.18. The first-order valence-corrected chi connectivity index (χ1v) is 6.95. The molecule has 0 saturated carbocycles. The van der Waals surface area contributed by atoms with Gasteiger partial charge in [0.05, 0.1) is 16.6 Å². The van der Waals surface area contributed by atoms with Crippen LogP contribution in [0, 0.1) is 3.57 Å². The summed E-state index contributed by atoms with van der Waals surface area (Å²) >= 11 is 8.17. The molecule has 1 atom stereocenters. The summed E-state index contributed by atoms with van der Waals surface area (Å²) in [5.74, 6) is -0.227. The van der Waals surface area contributed by atoms with Crippen LogP contribution in [0.15, 0.2) is 42.6 Å². The van der Waals surface area contributed by atoms with Crippen LogP contribution in [0.25, 0.3) is 0 Å². The fourth-order valence-electron chi connectivity index (χ4n) is 1.67. The molecule has 1 aromatic heterocycles. The summed E-state index contributed by atoms with van der Waals surface area (Å²) in [6.45, 7) is 1.86. The molecule has 1 heterocycles. The van der Waals surface area contributed by atoms with Crippen LogP contribution in [0.3, 0.4) is 0 Å². The van der Waals surface area contributed by atoms with Gasteiger partial charge in [-0.15, -0.1) is 0 Å². The lowest BCUT2D eigenvalue weighted by molar-refractivity contribution is 0.0964. The molecule has 2 rings (SSSR count). The van der Waals surface area contributed by atoms with E-state index >= 15 is 0 Å². The third-order valence-corrected chi connectivity index (χ3v) is 4.30. The smallest absolute Gasteiger partial charge is 0.171 e. The molecule has 18 heavy (non-hydrogen) atoms. The minimum absolute atomic E-state index is 0.0343. The van der Waals surface area contributed by atoms with E-state index in [1.807, 2.05) is 31.2 Å². The molecule has 1 unspecified atom stereocenters. The van der Waals surface area contributed by atoms with Crippen molar-refractivity contribution in [3.8, 4) is 0 Å². The minimum Gasteiger partial charge on any atom is -0.293 e. The Bertz CT molecular complexity index is 571. The van der Waals surface area contributed by atoms with Gasteiger partial charge in [0, 0.05) is 15.3 Å². The molecule has 0 amide bonds. The van der Waals surface area contributed by atoms with Crippen LogP contribution in [0.5, 0.6) is 0 Å². The first-order chi connectivity index (χ1) is 8.59. The van der Waals surface area contributed by atoms with Crippen molar-refractivity contribution >= 4 is 40.0 Å². The van der Waals surface area contributed by atoms with Crippen molar-refractivity contribution < 1.29 is 4.79 Å². The number of hydrogen-bond donors (Lipinski definition) is 0. The van der Waals surface area contributed by atoms with Gasteiger partial charge in [0.15, 0.2) is 5.78 Å². The average molecular weight is 372 g/mol. The number of benzene rings is 1. The molecule has 0 N–H and O–H groups in total. The quantitative estimate of drug-likeness (QED) is 0.594. The molecular formula is C14H11ClINO. The largest absolute Gasteiger partial charge is 0.293 e. The van der Waals surface area contributed by atoms with E-state index in [0.717, 1.165) is 9.26 Å². The lowest BCUT2D eigenvalue weighted by Crippen LogP contribution is -2.11. The fraction of sp³-hybridized carbons (Fsp3) is 0.143. The van der Waals surface area contributed by atoms with Gasteiger partial charge in [0.25, 0.3) is 0 Å². The van der Waals surface area contributed by atoms with Crippen molar-refractivity contribution in [2.45, 2.75) is 12.8 Å². The minimum atomic E-state index is -0.262. The normalized spacial score (nSPS) is 12.2. The average Bonchev–Trinajstić information content (AvgIpc) is 2.41. The van der Waals surface area contributed by atoms with Crippen molar-refractivity contribution in [2.24, 2.45) is 0 Å². The molecule has 92 valence electrons. The number of carbonyl (C=O) groups is 1. The highest BCUT2D eigenvalue weighted by Crippen LogP contribution is 2.24. The molecule has 0 aliphatic heterocycles. The maximum absolute atomic E-state index is 12.3. The van der Waals surface area contributed by atoms with Crippen molar-refractivity contribution in [1.29, 1.82) is 0 Å². The van der Waals surface area contributed by atoms with Gasteiger partial charge in [-0.25, -0.2) is 0 Å². The Labute approximate surface area is 125 Å². The van der Waals surface area contributed by atoms with Crippen molar-refractivity contribution in [2.75, 3.05) is 0 Å². The molecule has 0 bridgehead atoms. The molecule has 4 heteroatoms. The van der Waals surface area contributed by atoms with Gasteiger partial charge in [0.2, 0.25) is 0 Å². The first kappa shape index (κ1) is 13.5. The number of nitrogens with zero attached hydrogens (tertiary/aromatic N) is 1. The lowest BCUT2D eigenvalue weighted by Gasteiger charge is -2.10. The zero-order valence-corrected chi connectivity index (χ0v) is 12.6. The van der Waals surface area contributed by atoms with E-state index in [4.69, 9.17) is 11.6 Å². The maximum Gasteiger partial charge on any atom is 0.171 e. The lowest BCUT2D eigenvalue weighted by atomic mass is 9.96. The second kappa shape index (κ2) is 5.80. The standard InChI is InChI=1S/C14H11ClINO/c1-9(13-4-2-3-7-17-13)14(18)10-5-6-12(16)11(15)8-10/h2-9H,1H3. The SMILES string of the molecule is CC(C(=O)c1ccc(I)c(Cl)c1)c1ccccn1. The molecular weight excluding hydrogens is 361 g/mol. The van der Waals surface area contributed by atoms with Crippen LogP contribution >= 0.6 is 34.2 Å². The highest BCUT2D eigenvalue weighted by atomic mass is 127. The summed E-state index contributed by atoms with van der Waals surface area (Å²) in [4.78, 5) is 16.5. The Morgan fingerprint density at radius 2 is 2.11 bits per heavy atom. The van der Waals surface area contributed by atoms with Crippen LogP contribution in [0.1, 0.15) is 28.9 Å². The second-order valence-electron chi connectivity index (χ2n) is 3.97. The Hall–Kier alpha value is -0.940. The summed E-state index contributed by atoms with van der Waals surface area (Å²) < 4.78 is 0.941. The maximum atomic E-state index is 12.3. The van der Waals surface area contributed by atoms with Crippen LogP contribution < -0.4 is 0 Å². The Morgan fingerprint density at radius 3 is 2.72 bits per heavy atom. The van der Waals surface area contributed by atoms with Gasteiger partial charge < -0.3 is 0 Å². The Morgan fingerprint density at radius 1 is 1.33 bits per heavy atom. The molecule has 2 aromatic rings. The van der Waals surface area contributed by atoms with E-state index in [9.17, 15) is 4.79 Å². The monoisotopic (exact) mass is 371 g/mol. The second-order valence-corrected chi connectivity index (χ2v) is 5.54. The number of aromatic nitrogens is 1. The van der Waals surface area contributed by atoms with Crippen molar-refractivity contribution in [3.63, 3.8) is 0 Å². The highest BCUT2D eigenvalue weighted by molar-refractivity contribution is 14.1. The number of hydrogen-bond acceptors (Lipinski definition) is 2. The highest BCUT2D eigenvalue weighted by Gasteiger charge is 2.18. The zero-order valence-electron chi connectivity index (χ0n) is 9.73. The molecule has 0 aliphatic rings. The van der Waals surface area contributed by atoms with Crippen LogP contribution in [-0.2, 0) is 0 Å². The Balaban J connectivity index is 2.29. The molecule has 0 saturated heterocycles. The third-order valence-electron chi connectivity index (χ3n) is 2.73. The molecule has 0 spiro atoms. The predicted octanol–water partition coefficient (Wildman–Crippen LogP) is 4.33. The van der Waals surface area contributed by atoms with E-state index in [1.165, 1.54) is 0 Å². The van der Waals surface area contributed by atoms with E-state index < -0.39 is 0 Å². The number of pyridine rings is 1. The summed E-state index contributed by atoms with van der Waals surface area (Å²) in [6.07, 6.45) is 1.69. The number of ketones is 1. The summed E-state index contributed by atoms with van der Waals surface area (Å²) in [5.41, 5.74) is 1.40. The molecule has 0 aliphatic carbocycles. The molecule has 1 aromatic carbocycles. The topological polar surface area (TPSA) is 30.0 Å². The number of rotatable bonds is 3. The van der Waals surface area contributed by atoms with E-state index in [-0.39, 0.29) is 11.7 Å². The molecule has 2 nitrogen and oxygen atoms in total. The van der Waals surface area contributed by atoms with E-state index in [1.54, 1.807) is 18.3 Å². The van der Waals surface area contributed by atoms with Gasteiger partial charge in [-0.1, -0.05) is 23.7 Å². The van der Waals surface area contributed by atoms with Crippen LogP contribution in [-0.4, -0.2) is 10.8 Å². The number of carbonyl (C=O) groups excluding carboxylic acids is 1. The van der Waals surface area contributed by atoms with Gasteiger partial charge >= 0.3 is 0 Å². The van der Waals surface area contributed by atoms with Gasteiger partial charge in [-0.05, 0) is 53.8 Å². The predicted molar refractivity (Wildman–Crippen MR) is 81.2 cm³/mol. The Kier molecular flexibility index (Phi) is 4.35. The first-order valence-electron chi connectivity index (χ1n) is 5.50. The van der Waals surface area contributed by atoms with Gasteiger partial charge in [-0.3, -0.25) is 9.78 Å². The summed E-state index contributed by atoms with van der Waals surface area (Å²) in [7, 11) is 0. The summed E-state index contributed by atoms with van der Waals surface area (Å²) in [5, 5.41) is 0.606. The van der Waals surface area contributed by atoms with E-state index in [0.29, 0.717) is 10.6 Å². The molecule has 0 radical (unpaired) electrons. The number of halogens is 2. The summed E-state index contributed by atoms with van der Waals surface area (Å²) in [6, 6.07) is 10.9. The van der Waals surface area contributed by atoms with Gasteiger partial charge in [-0.2, -0.15) is 0 Å². The van der Waals surface area contributed by atoms with Crippen molar-refractivity contribution in [3.05, 3.63) is 62.4 Å².